The number of carbonyl (C=O) groups excluding carboxylic acids is 1. The van der Waals surface area contributed by atoms with Crippen LogP contribution in [0.1, 0.15) is 46.0 Å². The summed E-state index contributed by atoms with van der Waals surface area (Å²) in [6, 6.07) is 0. The summed E-state index contributed by atoms with van der Waals surface area (Å²) in [5, 5.41) is 20.7. The van der Waals surface area contributed by atoms with E-state index in [9.17, 15) is 14.7 Å². The first-order valence-corrected chi connectivity index (χ1v) is 6.75. The minimum atomic E-state index is -1.96. The molecule has 110 valence electrons. The molecule has 0 bridgehead atoms. The Labute approximate surface area is 113 Å². The van der Waals surface area contributed by atoms with Crippen LogP contribution in [-0.4, -0.2) is 46.4 Å². The van der Waals surface area contributed by atoms with Crippen molar-refractivity contribution < 1.29 is 24.5 Å². The lowest BCUT2D eigenvalue weighted by Gasteiger charge is -2.23. The van der Waals surface area contributed by atoms with Crippen LogP contribution < -0.4 is 5.32 Å². The number of aliphatic hydroxyl groups is 1. The second-order valence-electron chi connectivity index (χ2n) is 5.24. The maximum Gasteiger partial charge on any atom is 0.337 e. The van der Waals surface area contributed by atoms with Crippen LogP contribution in [0.2, 0.25) is 0 Å². The Hall–Kier alpha value is -1.14. The molecule has 2 unspecified atom stereocenters. The summed E-state index contributed by atoms with van der Waals surface area (Å²) in [5.74, 6) is -1.73. The molecular weight excluding hydrogens is 250 g/mol. The molecule has 0 aliphatic heterocycles. The third-order valence-corrected chi connectivity index (χ3v) is 3.39. The van der Waals surface area contributed by atoms with Crippen LogP contribution in [0.5, 0.6) is 0 Å². The third-order valence-electron chi connectivity index (χ3n) is 3.39. The van der Waals surface area contributed by atoms with Gasteiger partial charge < -0.3 is 20.3 Å². The van der Waals surface area contributed by atoms with Crippen LogP contribution in [0.4, 0.5) is 0 Å². The topological polar surface area (TPSA) is 95.9 Å². The first-order valence-electron chi connectivity index (χ1n) is 6.75. The first-order chi connectivity index (χ1) is 8.86. The molecule has 1 saturated carbocycles. The normalized spacial score (nSPS) is 20.8. The Balaban J connectivity index is 2.43. The summed E-state index contributed by atoms with van der Waals surface area (Å²) in [7, 11) is 0. The SMILES string of the molecule is CCC(OC1CCCC1)C(=O)NCC(C)(O)C(=O)O. The van der Waals surface area contributed by atoms with Crippen LogP contribution in [0.25, 0.3) is 0 Å². The number of hydrogen-bond donors (Lipinski definition) is 3. The number of ether oxygens (including phenoxy) is 1. The molecule has 6 heteroatoms. The minimum absolute atomic E-state index is 0.121. The average Bonchev–Trinajstić information content (AvgIpc) is 2.85. The third kappa shape index (κ3) is 4.80. The Bertz CT molecular complexity index is 323. The summed E-state index contributed by atoms with van der Waals surface area (Å²) in [6.07, 6.45) is 4.25. The lowest BCUT2D eigenvalue weighted by molar-refractivity contribution is -0.157. The predicted octanol–water partition coefficient (Wildman–Crippen LogP) is 0.676. The summed E-state index contributed by atoms with van der Waals surface area (Å²) in [5.41, 5.74) is -1.96. The minimum Gasteiger partial charge on any atom is -0.479 e. The predicted molar refractivity (Wildman–Crippen MR) is 68.7 cm³/mol. The van der Waals surface area contributed by atoms with Crippen LogP contribution in [0.3, 0.4) is 0 Å². The quantitative estimate of drug-likeness (QED) is 0.634. The van der Waals surface area contributed by atoms with Gasteiger partial charge in [0, 0.05) is 0 Å². The lowest BCUT2D eigenvalue weighted by atomic mass is 10.1. The number of carboxylic acids is 1. The van der Waals surface area contributed by atoms with E-state index >= 15 is 0 Å². The number of rotatable bonds is 7. The van der Waals surface area contributed by atoms with Gasteiger partial charge in [-0.3, -0.25) is 4.79 Å². The average molecular weight is 273 g/mol. The van der Waals surface area contributed by atoms with Crippen molar-refractivity contribution in [3.8, 4) is 0 Å². The van der Waals surface area contributed by atoms with Gasteiger partial charge >= 0.3 is 5.97 Å². The fourth-order valence-electron chi connectivity index (χ4n) is 2.05. The molecule has 1 rings (SSSR count). The van der Waals surface area contributed by atoms with Crippen molar-refractivity contribution in [2.75, 3.05) is 6.54 Å². The molecule has 19 heavy (non-hydrogen) atoms. The second kappa shape index (κ2) is 6.86. The maximum absolute atomic E-state index is 11.9. The highest BCUT2D eigenvalue weighted by molar-refractivity contribution is 5.82. The first kappa shape index (κ1) is 15.9. The second-order valence-corrected chi connectivity index (χ2v) is 5.24. The summed E-state index contributed by atoms with van der Waals surface area (Å²) in [4.78, 5) is 22.6. The van der Waals surface area contributed by atoms with Gasteiger partial charge in [0.15, 0.2) is 5.60 Å². The zero-order valence-corrected chi connectivity index (χ0v) is 11.5. The van der Waals surface area contributed by atoms with Crippen molar-refractivity contribution in [3.63, 3.8) is 0 Å². The fourth-order valence-corrected chi connectivity index (χ4v) is 2.05. The molecule has 0 aromatic carbocycles. The number of hydrogen-bond acceptors (Lipinski definition) is 4. The number of carbonyl (C=O) groups is 2. The number of nitrogens with one attached hydrogen (secondary N) is 1. The Kier molecular flexibility index (Phi) is 5.75. The zero-order valence-electron chi connectivity index (χ0n) is 11.5. The van der Waals surface area contributed by atoms with E-state index < -0.39 is 17.7 Å². The van der Waals surface area contributed by atoms with Crippen molar-refractivity contribution in [2.45, 2.75) is 63.8 Å². The molecule has 0 aromatic heterocycles. The van der Waals surface area contributed by atoms with Gasteiger partial charge in [0.05, 0.1) is 12.6 Å². The van der Waals surface area contributed by atoms with Crippen LogP contribution in [-0.2, 0) is 14.3 Å². The molecule has 2 atom stereocenters. The van der Waals surface area contributed by atoms with Crippen molar-refractivity contribution in [1.82, 2.24) is 5.32 Å². The Morgan fingerprint density at radius 1 is 1.42 bits per heavy atom. The molecule has 1 aliphatic rings. The standard InChI is InChI=1S/C13H23NO5/c1-3-10(19-9-6-4-5-7-9)11(15)14-8-13(2,18)12(16)17/h9-10,18H,3-8H2,1-2H3,(H,14,15)(H,16,17). The molecule has 0 saturated heterocycles. The number of aliphatic carboxylic acids is 1. The van der Waals surface area contributed by atoms with Crippen LogP contribution >= 0.6 is 0 Å². The van der Waals surface area contributed by atoms with Gasteiger partial charge in [0.1, 0.15) is 6.10 Å². The molecule has 0 spiro atoms. The van der Waals surface area contributed by atoms with Crippen molar-refractivity contribution in [1.29, 1.82) is 0 Å². The Morgan fingerprint density at radius 3 is 2.47 bits per heavy atom. The summed E-state index contributed by atoms with van der Waals surface area (Å²) >= 11 is 0. The molecule has 3 N–H and O–H groups in total. The van der Waals surface area contributed by atoms with Gasteiger partial charge in [-0.15, -0.1) is 0 Å². The van der Waals surface area contributed by atoms with Gasteiger partial charge in [0.25, 0.3) is 0 Å². The smallest absolute Gasteiger partial charge is 0.337 e. The molecule has 1 fully saturated rings. The highest BCUT2D eigenvalue weighted by Crippen LogP contribution is 2.22. The van der Waals surface area contributed by atoms with Crippen molar-refractivity contribution in [2.24, 2.45) is 0 Å². The summed E-state index contributed by atoms with van der Waals surface area (Å²) < 4.78 is 5.71. The Morgan fingerprint density at radius 2 is 2.00 bits per heavy atom. The van der Waals surface area contributed by atoms with E-state index in [0.717, 1.165) is 32.6 Å². The molecule has 0 radical (unpaired) electrons. The van der Waals surface area contributed by atoms with Gasteiger partial charge in [-0.05, 0) is 26.2 Å². The van der Waals surface area contributed by atoms with Gasteiger partial charge in [-0.2, -0.15) is 0 Å². The summed E-state index contributed by atoms with van der Waals surface area (Å²) in [6.45, 7) is 2.66. The van der Waals surface area contributed by atoms with Crippen molar-refractivity contribution >= 4 is 11.9 Å². The largest absolute Gasteiger partial charge is 0.479 e. The lowest BCUT2D eigenvalue weighted by Crippen LogP contribution is -2.49. The van der Waals surface area contributed by atoms with E-state index in [0.29, 0.717) is 6.42 Å². The molecule has 0 heterocycles. The van der Waals surface area contributed by atoms with E-state index in [1.165, 1.54) is 0 Å². The molecule has 1 amide bonds. The van der Waals surface area contributed by atoms with Gasteiger partial charge in [-0.1, -0.05) is 19.8 Å². The molecule has 6 nitrogen and oxygen atoms in total. The number of carboxylic acid groups (broad SMARTS) is 1. The van der Waals surface area contributed by atoms with Crippen LogP contribution in [0.15, 0.2) is 0 Å². The van der Waals surface area contributed by atoms with Gasteiger partial charge in [-0.25, -0.2) is 4.79 Å². The van der Waals surface area contributed by atoms with E-state index in [-0.39, 0.29) is 18.6 Å². The number of amides is 1. The highest BCUT2D eigenvalue weighted by Gasteiger charge is 2.32. The van der Waals surface area contributed by atoms with Crippen molar-refractivity contribution in [3.05, 3.63) is 0 Å². The molecule has 0 aromatic rings. The van der Waals surface area contributed by atoms with E-state index in [2.05, 4.69) is 5.32 Å². The van der Waals surface area contributed by atoms with E-state index in [4.69, 9.17) is 9.84 Å². The molecule has 1 aliphatic carbocycles. The van der Waals surface area contributed by atoms with Crippen LogP contribution in [0, 0.1) is 0 Å². The van der Waals surface area contributed by atoms with Gasteiger partial charge in [0.2, 0.25) is 5.91 Å². The zero-order chi connectivity index (χ0) is 14.5. The van der Waals surface area contributed by atoms with E-state index in [1.54, 1.807) is 0 Å². The van der Waals surface area contributed by atoms with E-state index in [1.807, 2.05) is 6.92 Å². The highest BCUT2D eigenvalue weighted by atomic mass is 16.5. The monoisotopic (exact) mass is 273 g/mol. The maximum atomic E-state index is 11.9. The molecular formula is C13H23NO5. The fraction of sp³-hybridized carbons (Fsp3) is 0.846.